The first-order chi connectivity index (χ1) is 32.1. The van der Waals surface area contributed by atoms with Crippen molar-refractivity contribution in [3.8, 4) is 34.3 Å². The molecule has 2 amide bonds. The first-order valence-corrected chi connectivity index (χ1v) is 19.7. The first kappa shape index (κ1) is 45.4. The summed E-state index contributed by atoms with van der Waals surface area (Å²) in [5.74, 6) is -1.53. The maximum absolute atomic E-state index is 14.3. The Morgan fingerprint density at radius 3 is 1.69 bits per heavy atom. The number of benzene rings is 2. The van der Waals surface area contributed by atoms with Gasteiger partial charge in [-0.3, -0.25) is 9.59 Å². The maximum atomic E-state index is 14.3. The minimum absolute atomic E-state index is 0.0256. The second kappa shape index (κ2) is 18.8. The van der Waals surface area contributed by atoms with E-state index in [4.69, 9.17) is 18.9 Å². The number of carbonyl (C=O) groups excluding carboxylic acids is 2. The summed E-state index contributed by atoms with van der Waals surface area (Å²) < 4.78 is 109. The van der Waals surface area contributed by atoms with Gasteiger partial charge in [-0.2, -0.15) is 36.5 Å². The highest BCUT2D eigenvalue weighted by atomic mass is 19.4. The molecule has 0 saturated heterocycles. The number of alkyl halides is 6. The Morgan fingerprint density at radius 1 is 0.642 bits per heavy atom. The summed E-state index contributed by atoms with van der Waals surface area (Å²) in [4.78, 5) is 52.2. The van der Waals surface area contributed by atoms with E-state index in [0.29, 0.717) is 5.56 Å². The number of imidazole rings is 2. The van der Waals surface area contributed by atoms with Gasteiger partial charge in [0.05, 0.1) is 41.5 Å². The highest BCUT2D eigenvalue weighted by Gasteiger charge is 2.36. The fourth-order valence-corrected chi connectivity index (χ4v) is 6.84. The molecule has 1 unspecified atom stereocenters. The van der Waals surface area contributed by atoms with Crippen molar-refractivity contribution in [2.45, 2.75) is 25.4 Å². The van der Waals surface area contributed by atoms with Crippen LogP contribution >= 0.6 is 0 Å². The average molecular weight is 929 g/mol. The minimum atomic E-state index is -4.78. The SMILES string of the molecule is COCCOc1cc(NC(=O)c2cnc3c(C(COc4cc(NC(=O)c5cnc6c(C)cc(-c7ccccc7C(F)(F)F)nn56)ncn4)OC)cc(-c4ccccc4C(F)(F)F)nn23)ncn1. The molecule has 0 saturated carbocycles. The number of aryl methyl sites for hydroxylation is 1. The van der Waals surface area contributed by atoms with Crippen LogP contribution in [-0.4, -0.2) is 95.0 Å². The number of nitrogens with zero attached hydrogens (tertiary/aromatic N) is 10. The van der Waals surface area contributed by atoms with E-state index < -0.39 is 41.4 Å². The van der Waals surface area contributed by atoms with E-state index in [2.05, 4.69) is 50.7 Å². The largest absolute Gasteiger partial charge is 0.475 e. The Labute approximate surface area is 374 Å². The second-order valence-corrected chi connectivity index (χ2v) is 14.3. The Bertz CT molecular complexity index is 3120. The van der Waals surface area contributed by atoms with E-state index in [1.807, 2.05) is 0 Å². The summed E-state index contributed by atoms with van der Waals surface area (Å²) in [6.45, 7) is 1.72. The van der Waals surface area contributed by atoms with Crippen molar-refractivity contribution in [3.63, 3.8) is 0 Å². The van der Waals surface area contributed by atoms with Gasteiger partial charge in [0, 0.05) is 43.0 Å². The summed E-state index contributed by atoms with van der Waals surface area (Å²) in [5.41, 5.74) is -2.11. The number of carbonyl (C=O) groups is 2. The van der Waals surface area contributed by atoms with Crippen molar-refractivity contribution in [2.24, 2.45) is 0 Å². The molecule has 1 atom stereocenters. The van der Waals surface area contributed by atoms with E-state index in [9.17, 15) is 35.9 Å². The van der Waals surface area contributed by atoms with Crippen LogP contribution in [-0.2, 0) is 21.8 Å². The van der Waals surface area contributed by atoms with Gasteiger partial charge < -0.3 is 29.6 Å². The number of hydrogen-bond donors (Lipinski definition) is 2. The van der Waals surface area contributed by atoms with E-state index in [0.717, 1.165) is 33.8 Å². The molecule has 0 aliphatic heterocycles. The number of ether oxygens (including phenoxy) is 4. The number of anilines is 2. The van der Waals surface area contributed by atoms with Gasteiger partial charge in [-0.1, -0.05) is 36.4 Å². The van der Waals surface area contributed by atoms with Gasteiger partial charge in [-0.15, -0.1) is 0 Å². The average Bonchev–Trinajstić information content (AvgIpc) is 3.95. The molecule has 2 aromatic carbocycles. The zero-order valence-electron chi connectivity index (χ0n) is 35.1. The molecule has 6 heterocycles. The van der Waals surface area contributed by atoms with Gasteiger partial charge >= 0.3 is 12.4 Å². The van der Waals surface area contributed by atoms with Crippen LogP contribution in [0.15, 0.2) is 97.8 Å². The summed E-state index contributed by atoms with van der Waals surface area (Å²) in [6.07, 6.45) is -5.92. The molecule has 67 heavy (non-hydrogen) atoms. The molecule has 24 heteroatoms. The molecule has 18 nitrogen and oxygen atoms in total. The molecule has 0 aliphatic carbocycles. The zero-order chi connectivity index (χ0) is 47.5. The van der Waals surface area contributed by atoms with Crippen molar-refractivity contribution < 1.29 is 54.9 Å². The Hall–Kier alpha value is -8.12. The third kappa shape index (κ3) is 9.79. The fourth-order valence-electron chi connectivity index (χ4n) is 6.84. The smallest absolute Gasteiger partial charge is 0.417 e. The van der Waals surface area contributed by atoms with Gasteiger partial charge in [0.1, 0.15) is 43.6 Å². The van der Waals surface area contributed by atoms with E-state index in [-0.39, 0.29) is 94.0 Å². The number of nitrogens with one attached hydrogen (secondary N) is 2. The van der Waals surface area contributed by atoms with Crippen molar-refractivity contribution >= 4 is 34.7 Å². The molecule has 344 valence electrons. The van der Waals surface area contributed by atoms with Gasteiger partial charge in [0.2, 0.25) is 11.8 Å². The molecule has 8 rings (SSSR count). The second-order valence-electron chi connectivity index (χ2n) is 14.3. The molecule has 8 aromatic rings. The van der Waals surface area contributed by atoms with Crippen molar-refractivity contribution in [3.05, 3.63) is 131 Å². The highest BCUT2D eigenvalue weighted by molar-refractivity contribution is 6.03. The molecule has 6 aromatic heterocycles. The van der Waals surface area contributed by atoms with Crippen LogP contribution in [0.3, 0.4) is 0 Å². The lowest BCUT2D eigenvalue weighted by Gasteiger charge is -2.19. The lowest BCUT2D eigenvalue weighted by molar-refractivity contribution is -0.137. The summed E-state index contributed by atoms with van der Waals surface area (Å²) in [5, 5.41) is 13.9. The maximum Gasteiger partial charge on any atom is 0.417 e. The fraction of sp³-hybridized carbons (Fsp3) is 0.209. The van der Waals surface area contributed by atoms with Gasteiger partial charge in [0.25, 0.3) is 11.8 Å². The third-order valence-electron chi connectivity index (χ3n) is 9.95. The zero-order valence-corrected chi connectivity index (χ0v) is 35.1. The summed E-state index contributed by atoms with van der Waals surface area (Å²) in [7, 11) is 2.81. The molecular weight excluding hydrogens is 895 g/mol. The normalized spacial score (nSPS) is 12.3. The molecule has 2 N–H and O–H groups in total. The molecule has 0 bridgehead atoms. The van der Waals surface area contributed by atoms with Crippen molar-refractivity contribution in [1.29, 1.82) is 0 Å². The Balaban J connectivity index is 1.07. The predicted octanol–water partition coefficient (Wildman–Crippen LogP) is 7.33. The Kier molecular flexibility index (Phi) is 12.7. The van der Waals surface area contributed by atoms with E-state index >= 15 is 0 Å². The van der Waals surface area contributed by atoms with Crippen LogP contribution in [0.25, 0.3) is 33.8 Å². The molecule has 0 aliphatic rings. The van der Waals surface area contributed by atoms with Gasteiger partial charge in [-0.25, -0.2) is 38.9 Å². The number of fused-ring (bicyclic) bond motifs is 2. The van der Waals surface area contributed by atoms with Crippen LogP contribution in [0.4, 0.5) is 38.0 Å². The van der Waals surface area contributed by atoms with Crippen LogP contribution in [0, 0.1) is 6.92 Å². The summed E-state index contributed by atoms with van der Waals surface area (Å²) in [6, 6.07) is 15.1. The van der Waals surface area contributed by atoms with Gasteiger partial charge in [-0.05, 0) is 36.8 Å². The van der Waals surface area contributed by atoms with Crippen LogP contribution in [0.2, 0.25) is 0 Å². The van der Waals surface area contributed by atoms with E-state index in [1.54, 1.807) is 6.92 Å². The van der Waals surface area contributed by atoms with Gasteiger partial charge in [0.15, 0.2) is 22.7 Å². The number of rotatable bonds is 15. The predicted molar refractivity (Wildman–Crippen MR) is 224 cm³/mol. The Morgan fingerprint density at radius 2 is 1.15 bits per heavy atom. The number of methoxy groups -OCH3 is 2. The standard InChI is InChI=1S/C43H34F6N12O6/c1-23-14-29(24-8-4-6-10-27(24)42(44,45)46)58-60-31(18-50-38(23)60)40(62)57-35-17-37(55-22-53-35)67-20-33(65-3)26-15-30(25-9-5-7-11-28(25)43(47,48)49)59-61-32(19-51-39(26)61)41(63)56-34-16-36(54-21-52-34)66-13-12-64-2/h4-11,14-19,21-22,33H,12-13,20H2,1-3H3,(H,52,54,56,63)(H,53,55,57,62). The first-order valence-electron chi connectivity index (χ1n) is 19.7. The van der Waals surface area contributed by atoms with Crippen molar-refractivity contribution in [2.75, 3.05) is 44.7 Å². The van der Waals surface area contributed by atoms with Crippen molar-refractivity contribution in [1.82, 2.24) is 49.1 Å². The topological polar surface area (TPSA) is 207 Å². The monoisotopic (exact) mass is 928 g/mol. The quantitative estimate of drug-likeness (QED) is 0.0763. The lowest BCUT2D eigenvalue weighted by atomic mass is 10.0. The molecule has 0 fully saturated rings. The summed E-state index contributed by atoms with van der Waals surface area (Å²) >= 11 is 0. The number of hydrogen-bond acceptors (Lipinski definition) is 14. The number of amides is 2. The van der Waals surface area contributed by atoms with E-state index in [1.165, 1.54) is 87.3 Å². The number of aromatic nitrogens is 10. The van der Waals surface area contributed by atoms with Crippen LogP contribution in [0.5, 0.6) is 11.8 Å². The van der Waals surface area contributed by atoms with Crippen LogP contribution < -0.4 is 20.1 Å². The molecule has 0 spiro atoms. The third-order valence-corrected chi connectivity index (χ3v) is 9.95. The lowest BCUT2D eigenvalue weighted by Crippen LogP contribution is -2.19. The molecular formula is C43H34F6N12O6. The minimum Gasteiger partial charge on any atom is -0.475 e. The number of halogens is 6. The molecule has 0 radical (unpaired) electrons. The highest BCUT2D eigenvalue weighted by Crippen LogP contribution is 2.39. The van der Waals surface area contributed by atoms with Crippen LogP contribution in [0.1, 0.15) is 49.3 Å².